The molecular formula is C18H18N2O3S2. The average Bonchev–Trinajstić information content (AvgIpc) is 2.97. The first kappa shape index (κ1) is 17.7. The van der Waals surface area contributed by atoms with Crippen LogP contribution in [0, 0.1) is 13.8 Å². The second-order valence-corrected chi connectivity index (χ2v) is 8.42. The molecule has 3 rings (SSSR count). The van der Waals surface area contributed by atoms with E-state index in [9.17, 15) is 8.42 Å². The zero-order valence-corrected chi connectivity index (χ0v) is 15.6. The van der Waals surface area contributed by atoms with Crippen molar-refractivity contribution in [2.24, 2.45) is 0 Å². The van der Waals surface area contributed by atoms with Gasteiger partial charge in [-0.2, -0.15) is 8.42 Å². The Balaban J connectivity index is 1.66. The summed E-state index contributed by atoms with van der Waals surface area (Å²) in [6.07, 6.45) is 3.92. The SMILES string of the molecule is Cc1ccc(S(=O)(=O)OCCc2nc(-c3cccnc3)sc2C)cc1. The number of pyridine rings is 1. The molecule has 0 aliphatic heterocycles. The molecule has 2 heterocycles. The molecule has 3 aromatic rings. The molecular weight excluding hydrogens is 356 g/mol. The normalized spacial score (nSPS) is 11.6. The Morgan fingerprint density at radius 3 is 2.56 bits per heavy atom. The molecule has 0 spiro atoms. The van der Waals surface area contributed by atoms with Gasteiger partial charge in [-0.3, -0.25) is 9.17 Å². The molecule has 0 aliphatic carbocycles. The van der Waals surface area contributed by atoms with E-state index in [1.54, 1.807) is 48.0 Å². The van der Waals surface area contributed by atoms with Gasteiger partial charge in [-0.1, -0.05) is 17.7 Å². The Kier molecular flexibility index (Phi) is 5.27. The average molecular weight is 374 g/mol. The minimum Gasteiger partial charge on any atom is -0.266 e. The van der Waals surface area contributed by atoms with Crippen molar-refractivity contribution in [3.05, 3.63) is 64.9 Å². The maximum Gasteiger partial charge on any atom is 0.296 e. The predicted octanol–water partition coefficient (Wildman–Crippen LogP) is 3.77. The van der Waals surface area contributed by atoms with Gasteiger partial charge in [0.2, 0.25) is 0 Å². The van der Waals surface area contributed by atoms with E-state index in [0.717, 1.165) is 26.7 Å². The van der Waals surface area contributed by atoms with E-state index in [1.807, 2.05) is 26.0 Å². The molecule has 0 saturated heterocycles. The summed E-state index contributed by atoms with van der Waals surface area (Å²) in [7, 11) is -3.74. The summed E-state index contributed by atoms with van der Waals surface area (Å²) in [5, 5.41) is 0.877. The van der Waals surface area contributed by atoms with Crippen molar-refractivity contribution in [3.63, 3.8) is 0 Å². The van der Waals surface area contributed by atoms with Gasteiger partial charge in [-0.25, -0.2) is 4.98 Å². The Labute approximate surface area is 151 Å². The lowest BCUT2D eigenvalue weighted by Crippen LogP contribution is -2.09. The summed E-state index contributed by atoms with van der Waals surface area (Å²) in [6, 6.07) is 10.4. The van der Waals surface area contributed by atoms with Crippen LogP contribution in [-0.2, 0) is 20.7 Å². The first-order chi connectivity index (χ1) is 12.0. The molecule has 0 saturated carbocycles. The monoisotopic (exact) mass is 374 g/mol. The molecule has 0 amide bonds. The van der Waals surface area contributed by atoms with E-state index in [-0.39, 0.29) is 11.5 Å². The fourth-order valence-electron chi connectivity index (χ4n) is 2.29. The van der Waals surface area contributed by atoms with Crippen LogP contribution in [0.4, 0.5) is 0 Å². The van der Waals surface area contributed by atoms with Crippen molar-refractivity contribution in [2.45, 2.75) is 25.2 Å². The Hall–Kier alpha value is -2.09. The number of hydrogen-bond acceptors (Lipinski definition) is 6. The molecule has 25 heavy (non-hydrogen) atoms. The largest absolute Gasteiger partial charge is 0.296 e. The smallest absolute Gasteiger partial charge is 0.266 e. The highest BCUT2D eigenvalue weighted by atomic mass is 32.2. The van der Waals surface area contributed by atoms with Gasteiger partial charge < -0.3 is 0 Å². The molecule has 5 nitrogen and oxygen atoms in total. The molecule has 2 aromatic heterocycles. The zero-order chi connectivity index (χ0) is 17.9. The first-order valence-corrected chi connectivity index (χ1v) is 10.0. The van der Waals surface area contributed by atoms with Gasteiger partial charge in [0.15, 0.2) is 0 Å². The highest BCUT2D eigenvalue weighted by Crippen LogP contribution is 2.27. The maximum absolute atomic E-state index is 12.2. The fourth-order valence-corrected chi connectivity index (χ4v) is 4.15. The van der Waals surface area contributed by atoms with Gasteiger partial charge in [-0.05, 0) is 38.1 Å². The van der Waals surface area contributed by atoms with Crippen LogP contribution in [-0.4, -0.2) is 25.0 Å². The van der Waals surface area contributed by atoms with E-state index in [2.05, 4.69) is 9.97 Å². The lowest BCUT2D eigenvalue weighted by atomic mass is 10.2. The second-order valence-electron chi connectivity index (χ2n) is 5.60. The summed E-state index contributed by atoms with van der Waals surface area (Å²) in [4.78, 5) is 9.91. The van der Waals surface area contributed by atoms with Crippen LogP contribution in [0.3, 0.4) is 0 Å². The van der Waals surface area contributed by atoms with Crippen LogP contribution in [0.25, 0.3) is 10.6 Å². The van der Waals surface area contributed by atoms with E-state index in [1.165, 1.54) is 0 Å². The lowest BCUT2D eigenvalue weighted by molar-refractivity contribution is 0.321. The van der Waals surface area contributed by atoms with Crippen LogP contribution in [0.15, 0.2) is 53.7 Å². The summed E-state index contributed by atoms with van der Waals surface area (Å²) in [6.45, 7) is 3.94. The van der Waals surface area contributed by atoms with Gasteiger partial charge in [0.1, 0.15) is 5.01 Å². The minimum atomic E-state index is -3.74. The van der Waals surface area contributed by atoms with E-state index >= 15 is 0 Å². The second kappa shape index (κ2) is 7.43. The lowest BCUT2D eigenvalue weighted by Gasteiger charge is -2.05. The molecule has 0 unspecified atom stereocenters. The summed E-state index contributed by atoms with van der Waals surface area (Å²) in [5.41, 5.74) is 2.80. The van der Waals surface area contributed by atoms with Crippen molar-refractivity contribution < 1.29 is 12.6 Å². The number of benzene rings is 1. The van der Waals surface area contributed by atoms with Gasteiger partial charge in [0, 0.05) is 29.3 Å². The number of nitrogens with zero attached hydrogens (tertiary/aromatic N) is 2. The molecule has 0 aliphatic rings. The molecule has 0 N–H and O–H groups in total. The molecule has 130 valence electrons. The van der Waals surface area contributed by atoms with Crippen molar-refractivity contribution in [1.82, 2.24) is 9.97 Å². The standard InChI is InChI=1S/C18H18N2O3S2/c1-13-5-7-16(8-6-13)25(21,22)23-11-9-17-14(2)24-18(20-17)15-4-3-10-19-12-15/h3-8,10,12H,9,11H2,1-2H3. The van der Waals surface area contributed by atoms with Gasteiger partial charge >= 0.3 is 0 Å². The highest BCUT2D eigenvalue weighted by Gasteiger charge is 2.16. The van der Waals surface area contributed by atoms with E-state index in [4.69, 9.17) is 4.18 Å². The van der Waals surface area contributed by atoms with Crippen LogP contribution in [0.5, 0.6) is 0 Å². The number of rotatable bonds is 6. The first-order valence-electron chi connectivity index (χ1n) is 7.78. The van der Waals surface area contributed by atoms with Crippen molar-refractivity contribution in [1.29, 1.82) is 0 Å². The number of aromatic nitrogens is 2. The molecule has 0 fully saturated rings. The van der Waals surface area contributed by atoms with E-state index < -0.39 is 10.1 Å². The topological polar surface area (TPSA) is 69.2 Å². The fraction of sp³-hybridized carbons (Fsp3) is 0.222. The quantitative estimate of drug-likeness (QED) is 0.614. The number of hydrogen-bond donors (Lipinski definition) is 0. The van der Waals surface area contributed by atoms with Crippen LogP contribution >= 0.6 is 11.3 Å². The zero-order valence-electron chi connectivity index (χ0n) is 14.0. The van der Waals surface area contributed by atoms with Crippen LogP contribution in [0.1, 0.15) is 16.1 Å². The van der Waals surface area contributed by atoms with Crippen LogP contribution < -0.4 is 0 Å². The van der Waals surface area contributed by atoms with Crippen molar-refractivity contribution in [3.8, 4) is 10.6 Å². The van der Waals surface area contributed by atoms with Gasteiger partial charge in [-0.15, -0.1) is 11.3 Å². The van der Waals surface area contributed by atoms with E-state index in [0.29, 0.717) is 6.42 Å². The minimum absolute atomic E-state index is 0.0628. The summed E-state index contributed by atoms with van der Waals surface area (Å²) in [5.74, 6) is 0. The Bertz CT molecular complexity index is 950. The van der Waals surface area contributed by atoms with Gasteiger partial charge in [0.25, 0.3) is 10.1 Å². The Morgan fingerprint density at radius 2 is 1.88 bits per heavy atom. The molecule has 7 heteroatoms. The third kappa shape index (κ3) is 4.31. The predicted molar refractivity (Wildman–Crippen MR) is 98.1 cm³/mol. The molecule has 0 bridgehead atoms. The third-order valence-electron chi connectivity index (χ3n) is 3.69. The maximum atomic E-state index is 12.2. The third-order valence-corrected chi connectivity index (χ3v) is 6.08. The van der Waals surface area contributed by atoms with Gasteiger partial charge in [0.05, 0.1) is 17.2 Å². The molecule has 0 radical (unpaired) electrons. The molecule has 1 aromatic carbocycles. The van der Waals surface area contributed by atoms with Crippen molar-refractivity contribution in [2.75, 3.05) is 6.61 Å². The molecule has 0 atom stereocenters. The number of aryl methyl sites for hydroxylation is 2. The summed E-state index contributed by atoms with van der Waals surface area (Å²) >= 11 is 1.57. The highest BCUT2D eigenvalue weighted by molar-refractivity contribution is 7.86. The van der Waals surface area contributed by atoms with Crippen LogP contribution in [0.2, 0.25) is 0 Å². The summed E-state index contributed by atoms with van der Waals surface area (Å²) < 4.78 is 29.5. The van der Waals surface area contributed by atoms with Crippen molar-refractivity contribution >= 4 is 21.5 Å². The Morgan fingerprint density at radius 1 is 1.12 bits per heavy atom. The number of thiazole rings is 1.